The van der Waals surface area contributed by atoms with E-state index in [1.165, 1.54) is 11.3 Å². The van der Waals surface area contributed by atoms with Gasteiger partial charge in [-0.3, -0.25) is 0 Å². The molecule has 4 nitrogen and oxygen atoms in total. The van der Waals surface area contributed by atoms with Gasteiger partial charge in [-0.05, 0) is 24.2 Å². The Morgan fingerprint density at radius 2 is 1.20 bits per heavy atom. The molecule has 51 heavy (non-hydrogen) atoms. The number of hydrogen-bond acceptors (Lipinski definition) is 6. The number of para-hydroxylation sites is 2. The van der Waals surface area contributed by atoms with Gasteiger partial charge in [0.15, 0.2) is 17.5 Å². The van der Waals surface area contributed by atoms with Gasteiger partial charge in [0.25, 0.3) is 0 Å². The third-order valence-corrected chi connectivity index (χ3v) is 11.5. The molecule has 0 saturated carbocycles. The van der Waals surface area contributed by atoms with Gasteiger partial charge in [-0.25, -0.2) is 15.0 Å². The normalized spacial score (nSPS) is 13.6. The van der Waals surface area contributed by atoms with E-state index in [-0.39, 0.29) is 58.4 Å². The second kappa shape index (κ2) is 11.2. The Labute approximate surface area is 308 Å². The second-order valence-electron chi connectivity index (χ2n) is 12.2. The van der Waals surface area contributed by atoms with Crippen molar-refractivity contribution in [1.82, 2.24) is 15.0 Å². The summed E-state index contributed by atoms with van der Waals surface area (Å²) >= 11 is 2.86. The average Bonchev–Trinajstić information content (AvgIpc) is 3.95. The van der Waals surface area contributed by atoms with Crippen LogP contribution in [0.25, 0.3) is 108 Å². The first-order valence-electron chi connectivity index (χ1n) is 19.4. The molecule has 11 rings (SSSR count). The van der Waals surface area contributed by atoms with Crippen LogP contribution in [0.3, 0.4) is 0 Å². The van der Waals surface area contributed by atoms with Gasteiger partial charge in [-0.2, -0.15) is 0 Å². The standard InChI is InChI=1S/C45H25N3OS2/c1-2-11-26(12-3-1)43-46-44(48-45(47-43)35-19-10-22-38-40(35)34-14-5-7-21-37(34)50-38)27-23-24-29-32-17-9-18-33(42(32)51-39(29)25-27)31-16-8-15-30-28-13-4-6-20-36(28)49-41(30)31/h1-25H/i9D,17D,18D,23D,24D,25D. The summed E-state index contributed by atoms with van der Waals surface area (Å²) in [5, 5.41) is 4.31. The highest BCUT2D eigenvalue weighted by Gasteiger charge is 2.19. The minimum atomic E-state index is -0.309. The molecule has 238 valence electrons. The van der Waals surface area contributed by atoms with E-state index < -0.39 is 0 Å². The first-order valence-corrected chi connectivity index (χ1v) is 18.0. The van der Waals surface area contributed by atoms with Crippen molar-refractivity contribution in [1.29, 1.82) is 0 Å². The Morgan fingerprint density at radius 3 is 2.12 bits per heavy atom. The quantitative estimate of drug-likeness (QED) is 0.184. The molecule has 11 aromatic rings. The summed E-state index contributed by atoms with van der Waals surface area (Å²) < 4.78 is 65.1. The number of nitrogens with zero attached hydrogens (tertiary/aromatic N) is 3. The van der Waals surface area contributed by atoms with Gasteiger partial charge in [0.2, 0.25) is 0 Å². The van der Waals surface area contributed by atoms with Crippen LogP contribution in [0.1, 0.15) is 8.22 Å². The lowest BCUT2D eigenvalue weighted by Crippen LogP contribution is -2.00. The van der Waals surface area contributed by atoms with Crippen molar-refractivity contribution in [2.75, 3.05) is 0 Å². The van der Waals surface area contributed by atoms with E-state index in [4.69, 9.17) is 22.1 Å². The van der Waals surface area contributed by atoms with Crippen LogP contribution in [-0.4, -0.2) is 15.0 Å². The van der Waals surface area contributed by atoms with Crippen LogP contribution in [0.4, 0.5) is 0 Å². The Morgan fingerprint density at radius 1 is 0.471 bits per heavy atom. The molecule has 0 amide bonds. The zero-order valence-electron chi connectivity index (χ0n) is 32.5. The number of rotatable bonds is 4. The highest BCUT2D eigenvalue weighted by atomic mass is 32.1. The summed E-state index contributed by atoms with van der Waals surface area (Å²) in [5.41, 5.74) is 3.76. The maximum Gasteiger partial charge on any atom is 0.164 e. The minimum absolute atomic E-state index is 0.0619. The molecule has 0 atom stereocenters. The van der Waals surface area contributed by atoms with Crippen molar-refractivity contribution in [3.05, 3.63) is 152 Å². The zero-order valence-corrected chi connectivity index (χ0v) is 28.2. The van der Waals surface area contributed by atoms with Gasteiger partial charge in [0, 0.05) is 78.9 Å². The number of aromatic nitrogens is 3. The van der Waals surface area contributed by atoms with Gasteiger partial charge in [0.1, 0.15) is 11.2 Å². The Balaban J connectivity index is 1.21. The maximum absolute atomic E-state index is 9.70. The predicted octanol–water partition coefficient (Wildman–Crippen LogP) is 13.2. The summed E-state index contributed by atoms with van der Waals surface area (Å²) in [6, 6.07) is 35.8. The van der Waals surface area contributed by atoms with E-state index in [0.717, 1.165) is 42.1 Å². The van der Waals surface area contributed by atoms with Crippen molar-refractivity contribution in [3.63, 3.8) is 0 Å². The average molecular weight is 694 g/mol. The van der Waals surface area contributed by atoms with Gasteiger partial charge >= 0.3 is 0 Å². The zero-order chi connectivity index (χ0) is 38.7. The van der Waals surface area contributed by atoms with Crippen molar-refractivity contribution in [3.8, 4) is 45.3 Å². The van der Waals surface area contributed by atoms with Gasteiger partial charge < -0.3 is 4.42 Å². The smallest absolute Gasteiger partial charge is 0.164 e. The first-order chi connectivity index (χ1) is 27.8. The first kappa shape index (κ1) is 23.2. The summed E-state index contributed by atoms with van der Waals surface area (Å²) in [6.07, 6.45) is 0. The lowest BCUT2D eigenvalue weighted by Gasteiger charge is -2.09. The third kappa shape index (κ3) is 4.47. The highest BCUT2D eigenvalue weighted by Crippen LogP contribution is 2.45. The van der Waals surface area contributed by atoms with Crippen LogP contribution < -0.4 is 0 Å². The van der Waals surface area contributed by atoms with Gasteiger partial charge in [-0.15, -0.1) is 22.7 Å². The molecule has 0 aliphatic carbocycles. The van der Waals surface area contributed by atoms with Crippen molar-refractivity contribution >= 4 is 85.0 Å². The molecule has 4 heterocycles. The molecular formula is C45H25N3OS2. The Bertz CT molecular complexity index is 3510. The van der Waals surface area contributed by atoms with E-state index in [9.17, 15) is 5.48 Å². The van der Waals surface area contributed by atoms with E-state index >= 15 is 0 Å². The van der Waals surface area contributed by atoms with Crippen LogP contribution in [-0.2, 0) is 0 Å². The summed E-state index contributed by atoms with van der Waals surface area (Å²) in [4.78, 5) is 14.8. The summed E-state index contributed by atoms with van der Waals surface area (Å²) in [7, 11) is 0. The number of hydrogen-bond donors (Lipinski definition) is 0. The molecule has 7 aromatic carbocycles. The SMILES string of the molecule is [2H]c1c([2H])c([2H])c2c(sc3c([2H])c(-c4nc(-c5ccccc5)nc(-c5cccc6sc7ccccc7c56)n4)c([2H])c([2H])c32)c1-c1cccc2c1oc1ccccc12. The maximum atomic E-state index is 9.70. The molecule has 0 fully saturated rings. The Hall–Kier alpha value is -6.21. The fourth-order valence-corrected chi connectivity index (χ4v) is 9.21. The number of furan rings is 1. The monoisotopic (exact) mass is 693 g/mol. The molecule has 0 saturated heterocycles. The van der Waals surface area contributed by atoms with E-state index in [2.05, 4.69) is 18.2 Å². The van der Waals surface area contributed by atoms with Crippen LogP contribution in [0.5, 0.6) is 0 Å². The molecule has 0 N–H and O–H groups in total. The molecular weight excluding hydrogens is 663 g/mol. The van der Waals surface area contributed by atoms with Crippen LogP contribution >= 0.6 is 22.7 Å². The molecule has 6 heteroatoms. The molecule has 0 radical (unpaired) electrons. The molecule has 0 unspecified atom stereocenters. The fraction of sp³-hybridized carbons (Fsp3) is 0. The lowest BCUT2D eigenvalue weighted by molar-refractivity contribution is 0.670. The van der Waals surface area contributed by atoms with Crippen LogP contribution in [0.15, 0.2) is 156 Å². The van der Waals surface area contributed by atoms with E-state index in [1.54, 1.807) is 11.3 Å². The van der Waals surface area contributed by atoms with Crippen LogP contribution in [0.2, 0.25) is 0 Å². The topological polar surface area (TPSA) is 51.8 Å². The van der Waals surface area contributed by atoms with Crippen molar-refractivity contribution < 1.29 is 12.6 Å². The number of thiophene rings is 2. The van der Waals surface area contributed by atoms with Crippen molar-refractivity contribution in [2.24, 2.45) is 0 Å². The van der Waals surface area contributed by atoms with Crippen LogP contribution in [0, 0.1) is 0 Å². The Kier molecular flexibility index (Phi) is 5.08. The summed E-state index contributed by atoms with van der Waals surface area (Å²) in [5.74, 6) is 0.822. The lowest BCUT2D eigenvalue weighted by atomic mass is 10.00. The van der Waals surface area contributed by atoms with E-state index in [0.29, 0.717) is 43.3 Å². The highest BCUT2D eigenvalue weighted by molar-refractivity contribution is 7.26. The minimum Gasteiger partial charge on any atom is -0.455 e. The number of benzene rings is 7. The van der Waals surface area contributed by atoms with Gasteiger partial charge in [0.05, 0.1) is 8.22 Å². The molecule has 4 aromatic heterocycles. The van der Waals surface area contributed by atoms with Crippen molar-refractivity contribution in [2.45, 2.75) is 0 Å². The second-order valence-corrected chi connectivity index (χ2v) is 14.3. The molecule has 0 aliphatic heterocycles. The van der Waals surface area contributed by atoms with E-state index in [1.807, 2.05) is 97.1 Å². The fourth-order valence-electron chi connectivity index (χ4n) is 6.95. The molecule has 0 aliphatic rings. The molecule has 0 spiro atoms. The third-order valence-electron chi connectivity index (χ3n) is 9.27. The molecule has 0 bridgehead atoms. The predicted molar refractivity (Wildman–Crippen MR) is 215 cm³/mol. The number of fused-ring (bicyclic) bond motifs is 9. The summed E-state index contributed by atoms with van der Waals surface area (Å²) in [6.45, 7) is 0. The van der Waals surface area contributed by atoms with Gasteiger partial charge in [-0.1, -0.05) is 127 Å². The largest absolute Gasteiger partial charge is 0.455 e.